The molecule has 20 heavy (non-hydrogen) atoms. The molecule has 1 atom stereocenters. The van der Waals surface area contributed by atoms with Gasteiger partial charge in [0, 0.05) is 42.1 Å². The Hall–Kier alpha value is -0.790. The molecule has 5 nitrogen and oxygen atoms in total. The van der Waals surface area contributed by atoms with E-state index in [0.717, 1.165) is 23.7 Å². The topological polar surface area (TPSA) is 62.3 Å². The van der Waals surface area contributed by atoms with Gasteiger partial charge in [-0.05, 0) is 13.1 Å². The molecule has 2 rings (SSSR count). The number of sulfone groups is 1. The van der Waals surface area contributed by atoms with Gasteiger partial charge in [0.25, 0.3) is 0 Å². The molecule has 112 valence electrons. The molecule has 0 bridgehead atoms. The number of nitrogens with one attached hydrogen (secondary N) is 1. The third kappa shape index (κ3) is 3.27. The van der Waals surface area contributed by atoms with Crippen molar-refractivity contribution in [2.75, 3.05) is 35.8 Å². The molecule has 1 fully saturated rings. The van der Waals surface area contributed by atoms with Crippen molar-refractivity contribution in [3.63, 3.8) is 0 Å². The quantitative estimate of drug-likeness (QED) is 0.878. The molecule has 0 aliphatic carbocycles. The van der Waals surface area contributed by atoms with E-state index in [-0.39, 0.29) is 5.75 Å². The van der Waals surface area contributed by atoms with Gasteiger partial charge in [-0.15, -0.1) is 0 Å². The van der Waals surface area contributed by atoms with Crippen LogP contribution in [0.4, 0.5) is 5.82 Å². The number of nitrogens with zero attached hydrogens (tertiary/aromatic N) is 2. The summed E-state index contributed by atoms with van der Waals surface area (Å²) >= 11 is 1.70. The van der Waals surface area contributed by atoms with Crippen LogP contribution in [0.3, 0.4) is 0 Å². The number of aromatic nitrogens is 1. The van der Waals surface area contributed by atoms with E-state index in [9.17, 15) is 8.42 Å². The lowest BCUT2D eigenvalue weighted by Crippen LogP contribution is -2.48. The lowest BCUT2D eigenvalue weighted by atomic mass is 10.2. The first kappa shape index (κ1) is 15.6. The summed E-state index contributed by atoms with van der Waals surface area (Å²) in [6.07, 6.45) is 1.73. The molecule has 7 heteroatoms. The monoisotopic (exact) mass is 315 g/mol. The highest BCUT2D eigenvalue weighted by atomic mass is 32.2. The van der Waals surface area contributed by atoms with Gasteiger partial charge >= 0.3 is 0 Å². The first-order valence-corrected chi connectivity index (χ1v) is 9.61. The molecule has 0 aromatic carbocycles. The highest BCUT2D eigenvalue weighted by Crippen LogP contribution is 2.28. The standard InChI is InChI=1S/C13H21N3O2S2/c1-3-20(17,18)12-10-19-8-7-16(12)13-11(9-14-2)5-4-6-15-13/h4-6,12,14H,3,7-10H2,1-2H3. The zero-order valence-electron chi connectivity index (χ0n) is 11.9. The van der Waals surface area contributed by atoms with Crippen molar-refractivity contribution >= 4 is 27.4 Å². The second-order valence-corrected chi connectivity index (χ2v) is 8.29. The van der Waals surface area contributed by atoms with E-state index in [1.165, 1.54) is 0 Å². The fourth-order valence-corrected chi connectivity index (χ4v) is 5.30. The van der Waals surface area contributed by atoms with Crippen LogP contribution >= 0.6 is 11.8 Å². The molecule has 1 aromatic rings. The molecule has 2 heterocycles. The number of pyridine rings is 1. The number of hydrogen-bond donors (Lipinski definition) is 1. The van der Waals surface area contributed by atoms with Crippen molar-refractivity contribution in [3.05, 3.63) is 23.9 Å². The number of thioether (sulfide) groups is 1. The normalized spacial score (nSPS) is 20.1. The third-order valence-electron chi connectivity index (χ3n) is 3.41. The summed E-state index contributed by atoms with van der Waals surface area (Å²) in [6, 6.07) is 3.88. The maximum absolute atomic E-state index is 12.3. The van der Waals surface area contributed by atoms with Crippen LogP contribution in [0.5, 0.6) is 0 Å². The number of anilines is 1. The Bertz CT molecular complexity index is 548. The van der Waals surface area contributed by atoms with Crippen LogP contribution in [0.2, 0.25) is 0 Å². The lowest BCUT2D eigenvalue weighted by molar-refractivity contribution is 0.578. The molecule has 1 unspecified atom stereocenters. The van der Waals surface area contributed by atoms with Crippen molar-refractivity contribution in [3.8, 4) is 0 Å². The molecule has 1 aromatic heterocycles. The zero-order valence-corrected chi connectivity index (χ0v) is 13.5. The SMILES string of the molecule is CCS(=O)(=O)C1CSCCN1c1ncccc1CNC. The van der Waals surface area contributed by atoms with Crippen LogP contribution < -0.4 is 10.2 Å². The van der Waals surface area contributed by atoms with E-state index < -0.39 is 15.2 Å². The Balaban J connectivity index is 2.38. The molecular formula is C13H21N3O2S2. The van der Waals surface area contributed by atoms with E-state index in [1.807, 2.05) is 24.1 Å². The predicted molar refractivity (Wildman–Crippen MR) is 84.9 cm³/mol. The van der Waals surface area contributed by atoms with Crippen LogP contribution in [0.1, 0.15) is 12.5 Å². The van der Waals surface area contributed by atoms with Crippen molar-refractivity contribution in [2.45, 2.75) is 18.8 Å². The van der Waals surface area contributed by atoms with Gasteiger partial charge in [-0.25, -0.2) is 13.4 Å². The number of rotatable bonds is 5. The van der Waals surface area contributed by atoms with Gasteiger partial charge in [-0.3, -0.25) is 0 Å². The highest BCUT2D eigenvalue weighted by Gasteiger charge is 2.34. The first-order valence-electron chi connectivity index (χ1n) is 6.74. The molecule has 0 saturated carbocycles. The second-order valence-electron chi connectivity index (χ2n) is 4.69. The molecule has 0 spiro atoms. The minimum Gasteiger partial charge on any atom is -0.338 e. The molecular weight excluding hydrogens is 294 g/mol. The Morgan fingerprint density at radius 2 is 2.35 bits per heavy atom. The zero-order chi connectivity index (χ0) is 14.6. The van der Waals surface area contributed by atoms with E-state index in [4.69, 9.17) is 0 Å². The summed E-state index contributed by atoms with van der Waals surface area (Å²) in [4.78, 5) is 6.39. The van der Waals surface area contributed by atoms with Crippen LogP contribution in [-0.4, -0.2) is 49.6 Å². The van der Waals surface area contributed by atoms with Crippen LogP contribution in [0.25, 0.3) is 0 Å². The van der Waals surface area contributed by atoms with Gasteiger partial charge in [0.05, 0.1) is 0 Å². The van der Waals surface area contributed by atoms with Gasteiger partial charge in [-0.1, -0.05) is 13.0 Å². The van der Waals surface area contributed by atoms with E-state index in [0.29, 0.717) is 12.3 Å². The summed E-state index contributed by atoms with van der Waals surface area (Å²) in [5.74, 6) is 2.52. The average Bonchev–Trinajstić information content (AvgIpc) is 2.48. The van der Waals surface area contributed by atoms with Gasteiger partial charge in [-0.2, -0.15) is 11.8 Å². The third-order valence-corrected chi connectivity index (χ3v) is 6.70. The first-order chi connectivity index (χ1) is 9.60. The van der Waals surface area contributed by atoms with Crippen molar-refractivity contribution in [2.24, 2.45) is 0 Å². The van der Waals surface area contributed by atoms with E-state index in [1.54, 1.807) is 24.9 Å². The summed E-state index contributed by atoms with van der Waals surface area (Å²) < 4.78 is 24.6. The predicted octanol–water partition coefficient (Wildman–Crippen LogP) is 1.11. The average molecular weight is 315 g/mol. The second kappa shape index (κ2) is 6.78. The smallest absolute Gasteiger partial charge is 0.171 e. The summed E-state index contributed by atoms with van der Waals surface area (Å²) in [6.45, 7) is 3.12. The Morgan fingerprint density at radius 1 is 1.55 bits per heavy atom. The summed E-state index contributed by atoms with van der Waals surface area (Å²) in [7, 11) is -1.23. The maximum Gasteiger partial charge on any atom is 0.171 e. The van der Waals surface area contributed by atoms with Gasteiger partial charge in [0.15, 0.2) is 9.84 Å². The van der Waals surface area contributed by atoms with Crippen LogP contribution in [0, 0.1) is 0 Å². The van der Waals surface area contributed by atoms with Crippen LogP contribution in [-0.2, 0) is 16.4 Å². The fourth-order valence-electron chi connectivity index (χ4n) is 2.33. The molecule has 1 N–H and O–H groups in total. The van der Waals surface area contributed by atoms with Gasteiger partial charge in [0.1, 0.15) is 11.2 Å². The van der Waals surface area contributed by atoms with Gasteiger partial charge in [0.2, 0.25) is 0 Å². The lowest BCUT2D eigenvalue weighted by Gasteiger charge is -2.36. The highest BCUT2D eigenvalue weighted by molar-refractivity contribution is 8.01. The summed E-state index contributed by atoms with van der Waals surface area (Å²) in [5.41, 5.74) is 1.04. The van der Waals surface area contributed by atoms with Crippen molar-refractivity contribution in [1.82, 2.24) is 10.3 Å². The van der Waals surface area contributed by atoms with Crippen molar-refractivity contribution < 1.29 is 8.42 Å². The molecule has 0 radical (unpaired) electrons. The molecule has 1 aliphatic heterocycles. The van der Waals surface area contributed by atoms with Crippen molar-refractivity contribution in [1.29, 1.82) is 0 Å². The van der Waals surface area contributed by atoms with Crippen LogP contribution in [0.15, 0.2) is 18.3 Å². The minimum atomic E-state index is -3.11. The largest absolute Gasteiger partial charge is 0.338 e. The fraction of sp³-hybridized carbons (Fsp3) is 0.615. The maximum atomic E-state index is 12.3. The Morgan fingerprint density at radius 3 is 3.05 bits per heavy atom. The Kier molecular flexibility index (Phi) is 5.29. The van der Waals surface area contributed by atoms with E-state index >= 15 is 0 Å². The molecule has 0 amide bonds. The minimum absolute atomic E-state index is 0.170. The Labute approximate surface area is 125 Å². The number of hydrogen-bond acceptors (Lipinski definition) is 6. The summed E-state index contributed by atoms with van der Waals surface area (Å²) in [5, 5.41) is 2.65. The molecule has 1 aliphatic rings. The van der Waals surface area contributed by atoms with E-state index in [2.05, 4.69) is 10.3 Å². The molecule has 1 saturated heterocycles. The van der Waals surface area contributed by atoms with Gasteiger partial charge < -0.3 is 10.2 Å².